The van der Waals surface area contributed by atoms with Gasteiger partial charge in [-0.05, 0) is 86.4 Å². The van der Waals surface area contributed by atoms with E-state index in [1.807, 2.05) is 25.1 Å². The normalized spacial score (nSPS) is 21.8. The largest absolute Gasteiger partial charge is 0.506 e. The highest BCUT2D eigenvalue weighted by Gasteiger charge is 2.43. The van der Waals surface area contributed by atoms with Crippen molar-refractivity contribution in [1.82, 2.24) is 9.97 Å². The average Bonchev–Trinajstić information content (AvgIpc) is 3.13. The van der Waals surface area contributed by atoms with Gasteiger partial charge in [0.25, 0.3) is 0 Å². The van der Waals surface area contributed by atoms with E-state index in [-0.39, 0.29) is 23.3 Å². The van der Waals surface area contributed by atoms with Crippen LogP contribution in [0.1, 0.15) is 61.8 Å². The molecular formula is C27H31N3O3. The number of nitrogens with zero attached hydrogens (tertiary/aromatic N) is 3. The number of fused-ring (bicyclic) bond motifs is 2. The fourth-order valence-corrected chi connectivity index (χ4v) is 5.04. The summed E-state index contributed by atoms with van der Waals surface area (Å²) in [5, 5.41) is 10.3. The molecule has 1 N–H and O–H groups in total. The Bertz CT molecular complexity index is 1270. The van der Waals surface area contributed by atoms with Gasteiger partial charge in [-0.2, -0.15) is 0 Å². The van der Waals surface area contributed by atoms with Gasteiger partial charge < -0.3 is 14.6 Å². The van der Waals surface area contributed by atoms with E-state index < -0.39 is 0 Å². The van der Waals surface area contributed by atoms with Crippen LogP contribution in [-0.2, 0) is 4.74 Å². The lowest BCUT2D eigenvalue weighted by molar-refractivity contribution is 0.132. The summed E-state index contributed by atoms with van der Waals surface area (Å²) in [5.74, 6) is 1.78. The standard InChI is InChI=1S/C27H31N3O3/c1-15-10-20-24(21(31)11-15)29-23(14-28-20)32-18-12-16(2)17(3)19(13-18)26-30-25-22(33-26)8-6-7-9-27(25,4)5/h10-14,22,25,31H,6-9H2,1-5H3/t22-,25+/m0/s1. The number of benzene rings is 2. The first-order chi connectivity index (χ1) is 15.7. The van der Waals surface area contributed by atoms with E-state index in [4.69, 9.17) is 14.5 Å². The first-order valence-electron chi connectivity index (χ1n) is 11.7. The minimum absolute atomic E-state index is 0.0959. The number of phenolic OH excluding ortho intramolecular Hbond substituents is 1. The number of aromatic hydroxyl groups is 1. The van der Waals surface area contributed by atoms with Crippen LogP contribution in [0.4, 0.5) is 0 Å². The Labute approximate surface area is 194 Å². The smallest absolute Gasteiger partial charge is 0.238 e. The molecule has 1 aliphatic heterocycles. The predicted molar refractivity (Wildman–Crippen MR) is 129 cm³/mol. The Kier molecular flexibility index (Phi) is 5.26. The summed E-state index contributed by atoms with van der Waals surface area (Å²) >= 11 is 0. The third-order valence-electron chi connectivity index (χ3n) is 7.08. The molecule has 172 valence electrons. The molecule has 0 amide bonds. The van der Waals surface area contributed by atoms with Gasteiger partial charge in [0.05, 0.1) is 17.8 Å². The van der Waals surface area contributed by atoms with Gasteiger partial charge in [-0.25, -0.2) is 15.0 Å². The summed E-state index contributed by atoms with van der Waals surface area (Å²) in [6, 6.07) is 7.70. The molecule has 2 aromatic carbocycles. The van der Waals surface area contributed by atoms with Crippen molar-refractivity contribution in [2.24, 2.45) is 10.4 Å². The van der Waals surface area contributed by atoms with E-state index in [1.54, 1.807) is 12.3 Å². The highest BCUT2D eigenvalue weighted by molar-refractivity contribution is 5.97. The van der Waals surface area contributed by atoms with Crippen LogP contribution in [0, 0.1) is 26.2 Å². The molecule has 2 heterocycles. The summed E-state index contributed by atoms with van der Waals surface area (Å²) in [5.41, 5.74) is 5.30. The summed E-state index contributed by atoms with van der Waals surface area (Å²) < 4.78 is 12.5. The number of aromatic nitrogens is 2. The molecule has 0 saturated heterocycles. The Morgan fingerprint density at radius 3 is 2.73 bits per heavy atom. The molecule has 6 nitrogen and oxygen atoms in total. The number of ether oxygens (including phenoxy) is 2. The highest BCUT2D eigenvalue weighted by atomic mass is 16.5. The molecule has 0 bridgehead atoms. The molecule has 2 aliphatic rings. The van der Waals surface area contributed by atoms with Crippen LogP contribution in [0.5, 0.6) is 17.4 Å². The summed E-state index contributed by atoms with van der Waals surface area (Å²) in [6.45, 7) is 10.7. The molecule has 1 fully saturated rings. The third kappa shape index (κ3) is 4.03. The summed E-state index contributed by atoms with van der Waals surface area (Å²) in [6.07, 6.45) is 6.35. The summed E-state index contributed by atoms with van der Waals surface area (Å²) in [7, 11) is 0. The molecule has 5 rings (SSSR count). The van der Waals surface area contributed by atoms with Crippen molar-refractivity contribution in [1.29, 1.82) is 0 Å². The lowest BCUT2D eigenvalue weighted by atomic mass is 9.80. The van der Waals surface area contributed by atoms with Gasteiger partial charge in [-0.15, -0.1) is 0 Å². The maximum atomic E-state index is 10.3. The lowest BCUT2D eigenvalue weighted by Crippen LogP contribution is -2.34. The van der Waals surface area contributed by atoms with E-state index >= 15 is 0 Å². The maximum Gasteiger partial charge on any atom is 0.238 e. The lowest BCUT2D eigenvalue weighted by Gasteiger charge is -2.29. The van der Waals surface area contributed by atoms with E-state index in [0.717, 1.165) is 28.7 Å². The molecule has 1 saturated carbocycles. The monoisotopic (exact) mass is 445 g/mol. The van der Waals surface area contributed by atoms with Crippen LogP contribution in [0.25, 0.3) is 11.0 Å². The van der Waals surface area contributed by atoms with Crippen LogP contribution >= 0.6 is 0 Å². The van der Waals surface area contributed by atoms with Gasteiger partial charge >= 0.3 is 0 Å². The van der Waals surface area contributed by atoms with Crippen LogP contribution < -0.4 is 4.74 Å². The molecule has 1 aromatic heterocycles. The van der Waals surface area contributed by atoms with Crippen molar-refractivity contribution < 1.29 is 14.6 Å². The number of aliphatic imine (C=N–C) groups is 1. The van der Waals surface area contributed by atoms with Gasteiger partial charge in [0, 0.05) is 5.56 Å². The Hall–Kier alpha value is -3.15. The first-order valence-corrected chi connectivity index (χ1v) is 11.7. The topological polar surface area (TPSA) is 76.8 Å². The SMILES string of the molecule is Cc1cc(O)c2nc(Oc3cc(C)c(C)c(C4=N[C@@H]5[C@H](CCCCC5(C)C)O4)c3)cnc2c1. The van der Waals surface area contributed by atoms with Crippen LogP contribution in [0.2, 0.25) is 0 Å². The molecule has 0 unspecified atom stereocenters. The van der Waals surface area contributed by atoms with Crippen molar-refractivity contribution in [2.45, 2.75) is 72.4 Å². The first kappa shape index (κ1) is 21.7. The molecule has 1 aliphatic carbocycles. The van der Waals surface area contributed by atoms with Crippen molar-refractivity contribution in [3.05, 3.63) is 52.7 Å². The van der Waals surface area contributed by atoms with Crippen LogP contribution in [-0.4, -0.2) is 33.1 Å². The molecule has 2 atom stereocenters. The molecule has 6 heteroatoms. The van der Waals surface area contributed by atoms with Crippen molar-refractivity contribution in [3.8, 4) is 17.4 Å². The molecule has 33 heavy (non-hydrogen) atoms. The number of rotatable bonds is 3. The van der Waals surface area contributed by atoms with Crippen LogP contribution in [0.15, 0.2) is 35.5 Å². The fourth-order valence-electron chi connectivity index (χ4n) is 5.04. The van der Waals surface area contributed by atoms with Gasteiger partial charge in [0.2, 0.25) is 11.8 Å². The maximum absolute atomic E-state index is 10.3. The van der Waals surface area contributed by atoms with E-state index in [1.165, 1.54) is 19.3 Å². The molecule has 0 radical (unpaired) electrons. The molecule has 3 aromatic rings. The quantitative estimate of drug-likeness (QED) is 0.522. The average molecular weight is 446 g/mol. The van der Waals surface area contributed by atoms with E-state index in [9.17, 15) is 5.11 Å². The third-order valence-corrected chi connectivity index (χ3v) is 7.08. The Balaban J connectivity index is 1.49. The number of hydrogen-bond donors (Lipinski definition) is 1. The minimum Gasteiger partial charge on any atom is -0.506 e. The second-order valence-electron chi connectivity index (χ2n) is 10.1. The zero-order chi connectivity index (χ0) is 23.3. The Morgan fingerprint density at radius 2 is 1.91 bits per heavy atom. The minimum atomic E-state index is 0.0959. The zero-order valence-corrected chi connectivity index (χ0v) is 20.0. The van der Waals surface area contributed by atoms with Gasteiger partial charge in [0.1, 0.15) is 23.1 Å². The Morgan fingerprint density at radius 1 is 1.09 bits per heavy atom. The van der Waals surface area contributed by atoms with Gasteiger partial charge in [0.15, 0.2) is 0 Å². The summed E-state index contributed by atoms with van der Waals surface area (Å²) in [4.78, 5) is 14.0. The van der Waals surface area contributed by atoms with E-state index in [2.05, 4.69) is 37.7 Å². The van der Waals surface area contributed by atoms with Crippen molar-refractivity contribution in [3.63, 3.8) is 0 Å². The van der Waals surface area contributed by atoms with E-state index in [0.29, 0.717) is 28.6 Å². The van der Waals surface area contributed by atoms with Crippen molar-refractivity contribution in [2.75, 3.05) is 0 Å². The number of hydrogen-bond acceptors (Lipinski definition) is 6. The van der Waals surface area contributed by atoms with Crippen molar-refractivity contribution >= 4 is 16.9 Å². The number of aryl methyl sites for hydroxylation is 2. The fraction of sp³-hybridized carbons (Fsp3) is 0.444. The predicted octanol–water partition coefficient (Wildman–Crippen LogP) is 6.17. The second kappa shape index (κ2) is 8.01. The number of phenols is 1. The highest BCUT2D eigenvalue weighted by Crippen LogP contribution is 2.41. The second-order valence-corrected chi connectivity index (χ2v) is 10.1. The molecular weight excluding hydrogens is 414 g/mol. The molecule has 0 spiro atoms. The van der Waals surface area contributed by atoms with Crippen LogP contribution in [0.3, 0.4) is 0 Å². The zero-order valence-electron chi connectivity index (χ0n) is 20.0. The van der Waals surface area contributed by atoms with Gasteiger partial charge in [-0.3, -0.25) is 0 Å². The van der Waals surface area contributed by atoms with Gasteiger partial charge in [-0.1, -0.05) is 20.3 Å².